The van der Waals surface area contributed by atoms with E-state index >= 15 is 0 Å². The molecular formula is C31H23N3. The van der Waals surface area contributed by atoms with Crippen molar-refractivity contribution in [3.05, 3.63) is 121 Å². The van der Waals surface area contributed by atoms with Crippen LogP contribution in [0, 0.1) is 0 Å². The maximum atomic E-state index is 2.43. The second kappa shape index (κ2) is 7.26. The molecule has 3 nitrogen and oxygen atoms in total. The number of aryl methyl sites for hydroxylation is 1. The predicted molar refractivity (Wildman–Crippen MR) is 143 cm³/mol. The van der Waals surface area contributed by atoms with Gasteiger partial charge in [0.2, 0.25) is 0 Å². The molecule has 0 amide bonds. The van der Waals surface area contributed by atoms with Gasteiger partial charge in [0.1, 0.15) is 0 Å². The largest absolute Gasteiger partial charge is 0.344 e. The second-order valence-electron chi connectivity index (χ2n) is 8.73. The number of benzene rings is 5. The molecule has 0 unspecified atom stereocenters. The quantitative estimate of drug-likeness (QED) is 0.268. The highest BCUT2D eigenvalue weighted by Gasteiger charge is 2.33. The summed E-state index contributed by atoms with van der Waals surface area (Å²) in [5.74, 6) is 0. The highest BCUT2D eigenvalue weighted by Crippen LogP contribution is 2.57. The molecule has 6 aromatic rings. The molecule has 3 heteroatoms. The number of para-hydroxylation sites is 5. The lowest BCUT2D eigenvalue weighted by Crippen LogP contribution is -2.24. The molecule has 0 radical (unpaired) electrons. The minimum absolute atomic E-state index is 1.16. The first-order valence-corrected chi connectivity index (χ1v) is 11.6. The Morgan fingerprint density at radius 1 is 0.441 bits per heavy atom. The van der Waals surface area contributed by atoms with E-state index in [1.54, 1.807) is 0 Å². The lowest BCUT2D eigenvalue weighted by atomic mass is 10.0. The maximum absolute atomic E-state index is 2.43. The number of aromatic nitrogens is 1. The highest BCUT2D eigenvalue weighted by atomic mass is 15.3. The van der Waals surface area contributed by atoms with Gasteiger partial charge in [-0.1, -0.05) is 66.7 Å². The Hall–Kier alpha value is -4.50. The zero-order chi connectivity index (χ0) is 22.6. The first-order chi connectivity index (χ1) is 16.8. The Kier molecular flexibility index (Phi) is 4.06. The highest BCUT2D eigenvalue weighted by molar-refractivity contribution is 6.21. The van der Waals surface area contributed by atoms with Crippen molar-refractivity contribution in [3.63, 3.8) is 0 Å². The average Bonchev–Trinajstić information content (AvgIpc) is 3.20. The van der Waals surface area contributed by atoms with Gasteiger partial charge in [0.05, 0.1) is 28.3 Å². The van der Waals surface area contributed by atoms with E-state index in [1.165, 1.54) is 44.6 Å². The Bertz CT molecular complexity index is 1670. The first kappa shape index (κ1) is 19.0. The summed E-state index contributed by atoms with van der Waals surface area (Å²) in [5, 5.41) is 2.54. The minimum atomic E-state index is 1.16. The second-order valence-corrected chi connectivity index (χ2v) is 8.73. The fraction of sp³-hybridized carbons (Fsp3) is 0.0323. The Labute approximate surface area is 198 Å². The molecule has 0 saturated carbocycles. The molecular weight excluding hydrogens is 414 g/mol. The lowest BCUT2D eigenvalue weighted by molar-refractivity contribution is 1.01. The van der Waals surface area contributed by atoms with Crippen LogP contribution in [-0.4, -0.2) is 4.57 Å². The van der Waals surface area contributed by atoms with Gasteiger partial charge in [0.25, 0.3) is 0 Å². The number of rotatable bonds is 2. The fourth-order valence-corrected chi connectivity index (χ4v) is 5.42. The number of hydrogen-bond acceptors (Lipinski definition) is 2. The van der Waals surface area contributed by atoms with Crippen LogP contribution >= 0.6 is 0 Å². The van der Waals surface area contributed by atoms with Gasteiger partial charge >= 0.3 is 0 Å². The molecule has 1 aliphatic heterocycles. The van der Waals surface area contributed by atoms with Crippen molar-refractivity contribution in [1.29, 1.82) is 0 Å². The van der Waals surface area contributed by atoms with Crippen LogP contribution in [0.3, 0.4) is 0 Å². The summed E-state index contributed by atoms with van der Waals surface area (Å²) in [6.07, 6.45) is 0. The minimum Gasteiger partial charge on any atom is -0.344 e. The number of nitrogens with zero attached hydrogens (tertiary/aromatic N) is 3. The predicted octanol–water partition coefficient (Wildman–Crippen LogP) is 8.58. The standard InChI is InChI=1S/C31H23N3/c1-32-25-17-9-8-16-24(25)30-28(32)20-21-29-31(30)34(23-14-6-3-7-15-23)27-19-11-10-18-26(27)33(29)22-12-4-2-5-13-22/h2-21H,1H3. The van der Waals surface area contributed by atoms with E-state index in [0.717, 1.165) is 11.4 Å². The van der Waals surface area contributed by atoms with E-state index in [4.69, 9.17) is 0 Å². The molecule has 0 atom stereocenters. The molecule has 0 spiro atoms. The van der Waals surface area contributed by atoms with Crippen molar-refractivity contribution in [2.45, 2.75) is 0 Å². The van der Waals surface area contributed by atoms with Crippen LogP contribution in [0.2, 0.25) is 0 Å². The average molecular weight is 438 g/mol. The molecule has 0 N–H and O–H groups in total. The summed E-state index contributed by atoms with van der Waals surface area (Å²) in [5.41, 5.74) is 9.51. The van der Waals surface area contributed by atoms with Crippen molar-refractivity contribution < 1.29 is 0 Å². The number of anilines is 6. The van der Waals surface area contributed by atoms with Crippen LogP contribution < -0.4 is 9.80 Å². The Balaban J connectivity index is 1.67. The van der Waals surface area contributed by atoms with E-state index in [0.29, 0.717) is 0 Å². The molecule has 1 aliphatic rings. The van der Waals surface area contributed by atoms with Gasteiger partial charge in [-0.25, -0.2) is 0 Å². The monoisotopic (exact) mass is 437 g/mol. The molecule has 34 heavy (non-hydrogen) atoms. The van der Waals surface area contributed by atoms with Gasteiger partial charge < -0.3 is 14.4 Å². The van der Waals surface area contributed by atoms with Crippen LogP contribution in [0.5, 0.6) is 0 Å². The van der Waals surface area contributed by atoms with E-state index in [1.807, 2.05) is 0 Å². The van der Waals surface area contributed by atoms with Gasteiger partial charge in [-0.05, 0) is 54.6 Å². The molecule has 2 heterocycles. The van der Waals surface area contributed by atoms with Crippen LogP contribution in [0.1, 0.15) is 0 Å². The zero-order valence-electron chi connectivity index (χ0n) is 18.9. The van der Waals surface area contributed by atoms with Gasteiger partial charge in [0, 0.05) is 34.7 Å². The van der Waals surface area contributed by atoms with Crippen LogP contribution in [-0.2, 0) is 7.05 Å². The fourth-order valence-electron chi connectivity index (χ4n) is 5.42. The van der Waals surface area contributed by atoms with Gasteiger partial charge in [-0.15, -0.1) is 0 Å². The van der Waals surface area contributed by atoms with Crippen molar-refractivity contribution in [1.82, 2.24) is 4.57 Å². The van der Waals surface area contributed by atoms with Gasteiger partial charge in [0.15, 0.2) is 0 Å². The summed E-state index contributed by atoms with van der Waals surface area (Å²) < 4.78 is 2.31. The summed E-state index contributed by atoms with van der Waals surface area (Å²) >= 11 is 0. The smallest absolute Gasteiger partial charge is 0.0804 e. The van der Waals surface area contributed by atoms with Gasteiger partial charge in [-0.2, -0.15) is 0 Å². The van der Waals surface area contributed by atoms with E-state index in [2.05, 4.69) is 143 Å². The van der Waals surface area contributed by atoms with Crippen molar-refractivity contribution in [2.75, 3.05) is 9.80 Å². The lowest BCUT2D eigenvalue weighted by Gasteiger charge is -2.40. The molecule has 0 saturated heterocycles. The van der Waals surface area contributed by atoms with Crippen LogP contribution in [0.15, 0.2) is 121 Å². The SMILES string of the molecule is Cn1c2ccccc2c2c3c(ccc21)N(c1ccccc1)c1ccccc1N3c1ccccc1. The topological polar surface area (TPSA) is 11.4 Å². The third-order valence-electron chi connectivity index (χ3n) is 6.89. The number of fused-ring (bicyclic) bond motifs is 6. The Morgan fingerprint density at radius 3 is 1.71 bits per heavy atom. The molecule has 162 valence electrons. The summed E-state index contributed by atoms with van der Waals surface area (Å²) in [7, 11) is 2.16. The summed E-state index contributed by atoms with van der Waals surface area (Å²) in [6.45, 7) is 0. The molecule has 0 bridgehead atoms. The summed E-state index contributed by atoms with van der Waals surface area (Å²) in [6, 6.07) is 43.3. The van der Waals surface area contributed by atoms with Crippen LogP contribution in [0.4, 0.5) is 34.1 Å². The molecule has 5 aromatic carbocycles. The van der Waals surface area contributed by atoms with E-state index < -0.39 is 0 Å². The van der Waals surface area contributed by atoms with E-state index in [9.17, 15) is 0 Å². The first-order valence-electron chi connectivity index (χ1n) is 11.6. The van der Waals surface area contributed by atoms with Crippen LogP contribution in [0.25, 0.3) is 21.8 Å². The molecule has 0 fully saturated rings. The normalized spacial score (nSPS) is 12.7. The third-order valence-corrected chi connectivity index (χ3v) is 6.89. The number of hydrogen-bond donors (Lipinski definition) is 0. The Morgan fingerprint density at radius 2 is 1.00 bits per heavy atom. The van der Waals surface area contributed by atoms with Crippen molar-refractivity contribution in [3.8, 4) is 0 Å². The maximum Gasteiger partial charge on any atom is 0.0804 e. The van der Waals surface area contributed by atoms with Gasteiger partial charge in [-0.3, -0.25) is 0 Å². The zero-order valence-corrected chi connectivity index (χ0v) is 18.9. The molecule has 1 aromatic heterocycles. The van der Waals surface area contributed by atoms with Crippen molar-refractivity contribution >= 4 is 55.9 Å². The third kappa shape index (κ3) is 2.58. The summed E-state index contributed by atoms with van der Waals surface area (Å²) in [4.78, 5) is 4.82. The van der Waals surface area contributed by atoms with Crippen molar-refractivity contribution in [2.24, 2.45) is 7.05 Å². The molecule has 7 rings (SSSR count). The molecule has 0 aliphatic carbocycles. The van der Waals surface area contributed by atoms with E-state index in [-0.39, 0.29) is 0 Å².